The van der Waals surface area contributed by atoms with Gasteiger partial charge in [0.15, 0.2) is 9.84 Å². The van der Waals surface area contributed by atoms with Crippen LogP contribution in [0.4, 0.5) is 5.69 Å². The fraction of sp³-hybridized carbons (Fsp3) is 0.176. The number of anilines is 1. The standard InChI is InChI=1S/C17H17NO5S/c1-11-4-9-14(24(3,21)22)10-15(11)16(19)18-13-7-5-12(6-8-13)17(20)23-2/h4-10H,1-3H3,(H,18,19). The molecule has 24 heavy (non-hydrogen) atoms. The molecule has 2 aromatic carbocycles. The van der Waals surface area contributed by atoms with Crippen molar-refractivity contribution in [1.29, 1.82) is 0 Å². The van der Waals surface area contributed by atoms with Crippen LogP contribution in [0.1, 0.15) is 26.3 Å². The van der Waals surface area contributed by atoms with Gasteiger partial charge in [0.2, 0.25) is 0 Å². The van der Waals surface area contributed by atoms with Crippen LogP contribution in [0.3, 0.4) is 0 Å². The van der Waals surface area contributed by atoms with Crippen LogP contribution in [0.25, 0.3) is 0 Å². The van der Waals surface area contributed by atoms with E-state index in [9.17, 15) is 18.0 Å². The Bertz CT molecular complexity index is 886. The van der Waals surface area contributed by atoms with Gasteiger partial charge in [0, 0.05) is 17.5 Å². The minimum atomic E-state index is -3.40. The second kappa shape index (κ2) is 6.84. The van der Waals surface area contributed by atoms with Gasteiger partial charge in [-0.25, -0.2) is 13.2 Å². The Morgan fingerprint density at radius 1 is 1.04 bits per heavy atom. The van der Waals surface area contributed by atoms with Crippen molar-refractivity contribution in [3.05, 3.63) is 59.2 Å². The summed E-state index contributed by atoms with van der Waals surface area (Å²) in [5.41, 5.74) is 1.78. The maximum Gasteiger partial charge on any atom is 0.337 e. The summed E-state index contributed by atoms with van der Waals surface area (Å²) < 4.78 is 27.9. The molecule has 2 rings (SSSR count). The van der Waals surface area contributed by atoms with E-state index in [2.05, 4.69) is 10.1 Å². The first-order chi connectivity index (χ1) is 11.2. The molecule has 2 aromatic rings. The molecule has 0 aliphatic heterocycles. The highest BCUT2D eigenvalue weighted by molar-refractivity contribution is 7.90. The van der Waals surface area contributed by atoms with E-state index in [0.717, 1.165) is 6.26 Å². The number of benzene rings is 2. The van der Waals surface area contributed by atoms with Crippen molar-refractivity contribution >= 4 is 27.4 Å². The van der Waals surface area contributed by atoms with Crippen LogP contribution in [0.15, 0.2) is 47.4 Å². The van der Waals surface area contributed by atoms with Gasteiger partial charge in [-0.2, -0.15) is 0 Å². The van der Waals surface area contributed by atoms with Crippen molar-refractivity contribution in [3.8, 4) is 0 Å². The van der Waals surface area contributed by atoms with Gasteiger partial charge in [-0.3, -0.25) is 4.79 Å². The Morgan fingerprint density at radius 3 is 2.21 bits per heavy atom. The van der Waals surface area contributed by atoms with Crippen LogP contribution >= 0.6 is 0 Å². The molecule has 0 heterocycles. The van der Waals surface area contributed by atoms with Crippen molar-refractivity contribution < 1.29 is 22.7 Å². The van der Waals surface area contributed by atoms with Gasteiger partial charge >= 0.3 is 5.97 Å². The number of methoxy groups -OCH3 is 1. The topological polar surface area (TPSA) is 89.5 Å². The number of ether oxygens (including phenoxy) is 1. The molecule has 0 saturated heterocycles. The quantitative estimate of drug-likeness (QED) is 0.858. The number of sulfone groups is 1. The summed E-state index contributed by atoms with van der Waals surface area (Å²) in [6, 6.07) is 10.6. The number of hydrogen-bond acceptors (Lipinski definition) is 5. The van der Waals surface area contributed by atoms with Crippen LogP contribution in [-0.4, -0.2) is 33.7 Å². The zero-order valence-electron chi connectivity index (χ0n) is 13.5. The number of aryl methyl sites for hydroxylation is 1. The molecular formula is C17H17NO5S. The fourth-order valence-electron chi connectivity index (χ4n) is 2.08. The van der Waals surface area contributed by atoms with E-state index in [1.165, 1.54) is 31.4 Å². The van der Waals surface area contributed by atoms with E-state index in [-0.39, 0.29) is 10.5 Å². The Hall–Kier alpha value is -2.67. The number of carbonyl (C=O) groups is 2. The molecule has 0 radical (unpaired) electrons. The summed E-state index contributed by atoms with van der Waals surface area (Å²) in [5, 5.41) is 2.68. The summed E-state index contributed by atoms with van der Waals surface area (Å²) in [7, 11) is -2.11. The summed E-state index contributed by atoms with van der Waals surface area (Å²) in [5.74, 6) is -0.895. The second-order valence-electron chi connectivity index (χ2n) is 5.27. The van der Waals surface area contributed by atoms with Gasteiger partial charge in [0.05, 0.1) is 17.6 Å². The highest BCUT2D eigenvalue weighted by Gasteiger charge is 2.15. The Labute approximate surface area is 140 Å². The molecular weight excluding hydrogens is 330 g/mol. The molecule has 126 valence electrons. The fourth-order valence-corrected chi connectivity index (χ4v) is 2.73. The Morgan fingerprint density at radius 2 is 1.67 bits per heavy atom. The van der Waals surface area contributed by atoms with Gasteiger partial charge in [0.25, 0.3) is 5.91 Å². The highest BCUT2D eigenvalue weighted by Crippen LogP contribution is 2.18. The molecule has 0 bridgehead atoms. The van der Waals surface area contributed by atoms with Crippen molar-refractivity contribution in [3.63, 3.8) is 0 Å². The Kier molecular flexibility index (Phi) is 5.04. The lowest BCUT2D eigenvalue weighted by Crippen LogP contribution is -2.14. The van der Waals surface area contributed by atoms with Crippen LogP contribution in [-0.2, 0) is 14.6 Å². The van der Waals surface area contributed by atoms with E-state index in [4.69, 9.17) is 0 Å². The first-order valence-corrected chi connectivity index (χ1v) is 8.92. The largest absolute Gasteiger partial charge is 0.465 e. The summed E-state index contributed by atoms with van der Waals surface area (Å²) in [4.78, 5) is 23.9. The van der Waals surface area contributed by atoms with Crippen molar-refractivity contribution in [2.75, 3.05) is 18.7 Å². The number of esters is 1. The van der Waals surface area contributed by atoms with Gasteiger partial charge in [-0.15, -0.1) is 0 Å². The molecule has 1 N–H and O–H groups in total. The van der Waals surface area contributed by atoms with Crippen LogP contribution in [0, 0.1) is 6.92 Å². The van der Waals surface area contributed by atoms with Crippen LogP contribution in [0.2, 0.25) is 0 Å². The molecule has 0 saturated carbocycles. The molecule has 6 nitrogen and oxygen atoms in total. The number of carbonyl (C=O) groups excluding carboxylic acids is 2. The SMILES string of the molecule is COC(=O)c1ccc(NC(=O)c2cc(S(C)(=O)=O)ccc2C)cc1. The third kappa shape index (κ3) is 3.99. The van der Waals surface area contributed by atoms with Gasteiger partial charge < -0.3 is 10.1 Å². The minimum absolute atomic E-state index is 0.0827. The molecule has 0 aromatic heterocycles. The third-order valence-corrected chi connectivity index (χ3v) is 4.56. The van der Waals surface area contributed by atoms with E-state index in [0.29, 0.717) is 16.8 Å². The first kappa shape index (κ1) is 17.7. The van der Waals surface area contributed by atoms with Gasteiger partial charge in [-0.05, 0) is 48.9 Å². The highest BCUT2D eigenvalue weighted by atomic mass is 32.2. The third-order valence-electron chi connectivity index (χ3n) is 3.45. The molecule has 0 fully saturated rings. The zero-order valence-corrected chi connectivity index (χ0v) is 14.3. The van der Waals surface area contributed by atoms with Gasteiger partial charge in [0.1, 0.15) is 0 Å². The maximum absolute atomic E-state index is 12.4. The maximum atomic E-state index is 12.4. The molecule has 0 aliphatic rings. The molecule has 1 amide bonds. The first-order valence-electron chi connectivity index (χ1n) is 7.03. The summed E-state index contributed by atoms with van der Waals surface area (Å²) >= 11 is 0. The van der Waals surface area contributed by atoms with Crippen molar-refractivity contribution in [1.82, 2.24) is 0 Å². The second-order valence-corrected chi connectivity index (χ2v) is 7.29. The normalized spacial score (nSPS) is 11.0. The molecule has 0 aliphatic carbocycles. The van der Waals surface area contributed by atoms with E-state index in [1.54, 1.807) is 25.1 Å². The monoisotopic (exact) mass is 347 g/mol. The Balaban J connectivity index is 2.25. The van der Waals surface area contributed by atoms with Crippen LogP contribution < -0.4 is 5.32 Å². The lowest BCUT2D eigenvalue weighted by atomic mass is 10.1. The van der Waals surface area contributed by atoms with Crippen molar-refractivity contribution in [2.45, 2.75) is 11.8 Å². The average Bonchev–Trinajstić information content (AvgIpc) is 2.54. The number of nitrogens with one attached hydrogen (secondary N) is 1. The lowest BCUT2D eigenvalue weighted by Gasteiger charge is -2.10. The predicted octanol–water partition coefficient (Wildman–Crippen LogP) is 2.44. The molecule has 0 atom stereocenters. The van der Waals surface area contributed by atoms with E-state index >= 15 is 0 Å². The summed E-state index contributed by atoms with van der Waals surface area (Å²) in [6.45, 7) is 1.72. The van der Waals surface area contributed by atoms with Crippen LogP contribution in [0.5, 0.6) is 0 Å². The smallest absolute Gasteiger partial charge is 0.337 e. The predicted molar refractivity (Wildman–Crippen MR) is 90.0 cm³/mol. The molecule has 0 unspecified atom stereocenters. The van der Waals surface area contributed by atoms with E-state index < -0.39 is 21.7 Å². The molecule has 7 heteroatoms. The summed E-state index contributed by atoms with van der Waals surface area (Å²) in [6.07, 6.45) is 1.09. The van der Waals surface area contributed by atoms with Gasteiger partial charge in [-0.1, -0.05) is 6.07 Å². The zero-order chi connectivity index (χ0) is 17.9. The molecule has 0 spiro atoms. The minimum Gasteiger partial charge on any atom is -0.465 e. The van der Waals surface area contributed by atoms with E-state index in [1.807, 2.05) is 0 Å². The number of hydrogen-bond donors (Lipinski definition) is 1. The number of amides is 1. The van der Waals surface area contributed by atoms with Crippen molar-refractivity contribution in [2.24, 2.45) is 0 Å². The lowest BCUT2D eigenvalue weighted by molar-refractivity contribution is 0.0600. The average molecular weight is 347 g/mol. The number of rotatable bonds is 4.